The molecule has 0 radical (unpaired) electrons. The van der Waals surface area contributed by atoms with Crippen molar-refractivity contribution in [2.75, 3.05) is 18.5 Å². The predicted molar refractivity (Wildman–Crippen MR) is 112 cm³/mol. The first-order chi connectivity index (χ1) is 13.4. The summed E-state index contributed by atoms with van der Waals surface area (Å²) in [5.74, 6) is -0.218. The third-order valence-electron chi connectivity index (χ3n) is 5.36. The topological polar surface area (TPSA) is 75.5 Å². The Bertz CT molecular complexity index is 923. The number of carbonyl (C=O) groups is 1. The fourth-order valence-electron chi connectivity index (χ4n) is 3.79. The first kappa shape index (κ1) is 19.6. The Morgan fingerprint density at radius 3 is 2.57 bits per heavy atom. The molecule has 1 aliphatic heterocycles. The van der Waals surface area contributed by atoms with E-state index in [9.17, 15) is 14.9 Å². The van der Waals surface area contributed by atoms with Crippen LogP contribution in [0.25, 0.3) is 5.57 Å². The lowest BCUT2D eigenvalue weighted by Crippen LogP contribution is -2.37. The third kappa shape index (κ3) is 3.76. The van der Waals surface area contributed by atoms with Gasteiger partial charge in [0.2, 0.25) is 0 Å². The van der Waals surface area contributed by atoms with Crippen LogP contribution in [-0.2, 0) is 0 Å². The van der Waals surface area contributed by atoms with Crippen molar-refractivity contribution >= 4 is 22.9 Å². The molecule has 146 valence electrons. The standard InChI is InChI=1S/C22H25N3O3/c1-15-8-6-7-13-24(15)20-12-11-17(14-21(20)25(27)28)16(2)18-9-4-5-10-19(18)22(26)23-3/h4-5,9-12,14-15H,2,6-8,13H2,1,3H3,(H,23,26). The van der Waals surface area contributed by atoms with E-state index in [0.29, 0.717) is 28.0 Å². The van der Waals surface area contributed by atoms with Crippen molar-refractivity contribution in [3.05, 3.63) is 75.8 Å². The van der Waals surface area contributed by atoms with Crippen LogP contribution in [0.4, 0.5) is 11.4 Å². The van der Waals surface area contributed by atoms with E-state index in [1.54, 1.807) is 31.3 Å². The van der Waals surface area contributed by atoms with Gasteiger partial charge in [-0.25, -0.2) is 0 Å². The van der Waals surface area contributed by atoms with Crippen LogP contribution in [0, 0.1) is 10.1 Å². The normalized spacial score (nSPS) is 16.5. The summed E-state index contributed by atoms with van der Waals surface area (Å²) in [4.78, 5) is 25.7. The van der Waals surface area contributed by atoms with Crippen molar-refractivity contribution in [3.8, 4) is 0 Å². The molecule has 2 aromatic rings. The maximum absolute atomic E-state index is 12.2. The Morgan fingerprint density at radius 1 is 1.21 bits per heavy atom. The number of nitrogens with zero attached hydrogens (tertiary/aromatic N) is 2. The van der Waals surface area contributed by atoms with Crippen LogP contribution < -0.4 is 10.2 Å². The van der Waals surface area contributed by atoms with E-state index in [0.717, 1.165) is 25.8 Å². The zero-order valence-corrected chi connectivity index (χ0v) is 16.3. The Hall–Kier alpha value is -3.15. The molecule has 1 saturated heterocycles. The van der Waals surface area contributed by atoms with Gasteiger partial charge >= 0.3 is 0 Å². The Balaban J connectivity index is 2.02. The lowest BCUT2D eigenvalue weighted by Gasteiger charge is -2.35. The molecule has 0 saturated carbocycles. The molecule has 6 heteroatoms. The monoisotopic (exact) mass is 379 g/mol. The van der Waals surface area contributed by atoms with Gasteiger partial charge in [-0.05, 0) is 55.0 Å². The summed E-state index contributed by atoms with van der Waals surface area (Å²) in [6.07, 6.45) is 3.22. The van der Waals surface area contributed by atoms with Crippen molar-refractivity contribution in [2.24, 2.45) is 0 Å². The number of rotatable bonds is 5. The smallest absolute Gasteiger partial charge is 0.293 e. The van der Waals surface area contributed by atoms with Gasteiger partial charge in [0, 0.05) is 31.3 Å². The molecule has 28 heavy (non-hydrogen) atoms. The van der Waals surface area contributed by atoms with E-state index in [2.05, 4.69) is 23.7 Å². The molecule has 1 atom stereocenters. The van der Waals surface area contributed by atoms with Crippen molar-refractivity contribution < 1.29 is 9.72 Å². The highest BCUT2D eigenvalue weighted by atomic mass is 16.6. The zero-order valence-electron chi connectivity index (χ0n) is 16.3. The van der Waals surface area contributed by atoms with Crippen LogP contribution in [0.2, 0.25) is 0 Å². The van der Waals surface area contributed by atoms with Gasteiger partial charge in [0.1, 0.15) is 5.69 Å². The molecule has 0 bridgehead atoms. The fraction of sp³-hybridized carbons (Fsp3) is 0.318. The average molecular weight is 379 g/mol. The molecule has 1 unspecified atom stereocenters. The van der Waals surface area contributed by atoms with E-state index in [-0.39, 0.29) is 22.6 Å². The van der Waals surface area contributed by atoms with Crippen LogP contribution in [0.1, 0.15) is 47.7 Å². The Labute approximate surface area is 165 Å². The number of nitrogens with one attached hydrogen (secondary N) is 1. The van der Waals surface area contributed by atoms with Crippen molar-refractivity contribution in [1.82, 2.24) is 5.32 Å². The van der Waals surface area contributed by atoms with Crippen LogP contribution in [0.3, 0.4) is 0 Å². The number of hydrogen-bond acceptors (Lipinski definition) is 4. The van der Waals surface area contributed by atoms with Gasteiger partial charge in [0.15, 0.2) is 0 Å². The quantitative estimate of drug-likeness (QED) is 0.617. The first-order valence-electron chi connectivity index (χ1n) is 9.50. The Kier molecular flexibility index (Phi) is 5.78. The number of piperidine rings is 1. The zero-order chi connectivity index (χ0) is 20.3. The van der Waals surface area contributed by atoms with Crippen molar-refractivity contribution in [2.45, 2.75) is 32.2 Å². The highest BCUT2D eigenvalue weighted by Gasteiger charge is 2.26. The van der Waals surface area contributed by atoms with Crippen LogP contribution in [-0.4, -0.2) is 30.5 Å². The van der Waals surface area contributed by atoms with E-state index in [1.165, 1.54) is 0 Å². The van der Waals surface area contributed by atoms with E-state index in [1.807, 2.05) is 18.2 Å². The number of nitro groups is 1. The second kappa shape index (κ2) is 8.25. The number of amides is 1. The molecule has 1 fully saturated rings. The summed E-state index contributed by atoms with van der Waals surface area (Å²) >= 11 is 0. The predicted octanol–water partition coefficient (Wildman–Crippen LogP) is 4.39. The molecule has 1 N–H and O–H groups in total. The van der Waals surface area contributed by atoms with Crippen LogP contribution >= 0.6 is 0 Å². The van der Waals surface area contributed by atoms with Gasteiger partial charge < -0.3 is 10.2 Å². The number of benzene rings is 2. The summed E-state index contributed by atoms with van der Waals surface area (Å²) in [7, 11) is 1.57. The SMILES string of the molecule is C=C(c1ccc(N2CCCCC2C)c([N+](=O)[O-])c1)c1ccccc1C(=O)NC. The number of anilines is 1. The second-order valence-electron chi connectivity index (χ2n) is 7.10. The summed E-state index contributed by atoms with van der Waals surface area (Å²) < 4.78 is 0. The summed E-state index contributed by atoms with van der Waals surface area (Å²) in [6.45, 7) is 7.04. The van der Waals surface area contributed by atoms with Gasteiger partial charge in [0.05, 0.1) is 4.92 Å². The summed E-state index contributed by atoms with van der Waals surface area (Å²) in [5, 5.41) is 14.4. The second-order valence-corrected chi connectivity index (χ2v) is 7.10. The van der Waals surface area contributed by atoms with Crippen LogP contribution in [0.15, 0.2) is 49.0 Å². The van der Waals surface area contributed by atoms with Gasteiger partial charge in [0.25, 0.3) is 11.6 Å². The minimum Gasteiger partial charge on any atom is -0.363 e. The summed E-state index contributed by atoms with van der Waals surface area (Å²) in [6, 6.07) is 12.6. The Morgan fingerprint density at radius 2 is 1.93 bits per heavy atom. The lowest BCUT2D eigenvalue weighted by atomic mass is 9.93. The molecule has 1 amide bonds. The molecule has 0 aromatic heterocycles. The number of carbonyl (C=O) groups excluding carboxylic acids is 1. The minimum absolute atomic E-state index is 0.0739. The molecule has 1 aliphatic rings. The number of nitro benzene ring substituents is 1. The van der Waals surface area contributed by atoms with Gasteiger partial charge in [-0.3, -0.25) is 14.9 Å². The van der Waals surface area contributed by atoms with Gasteiger partial charge in [-0.2, -0.15) is 0 Å². The van der Waals surface area contributed by atoms with E-state index in [4.69, 9.17) is 0 Å². The summed E-state index contributed by atoms with van der Waals surface area (Å²) in [5.41, 5.74) is 3.09. The van der Waals surface area contributed by atoms with Gasteiger partial charge in [-0.1, -0.05) is 30.8 Å². The molecular weight excluding hydrogens is 354 g/mol. The maximum Gasteiger partial charge on any atom is 0.293 e. The first-order valence-corrected chi connectivity index (χ1v) is 9.50. The van der Waals surface area contributed by atoms with E-state index >= 15 is 0 Å². The number of hydrogen-bond donors (Lipinski definition) is 1. The highest BCUT2D eigenvalue weighted by Crippen LogP contribution is 2.36. The largest absolute Gasteiger partial charge is 0.363 e. The molecule has 2 aromatic carbocycles. The van der Waals surface area contributed by atoms with E-state index < -0.39 is 0 Å². The maximum atomic E-state index is 12.2. The minimum atomic E-state index is -0.335. The lowest BCUT2D eigenvalue weighted by molar-refractivity contribution is -0.384. The van der Waals surface area contributed by atoms with Crippen molar-refractivity contribution in [1.29, 1.82) is 0 Å². The molecule has 3 rings (SSSR count). The average Bonchev–Trinajstić information content (AvgIpc) is 2.72. The molecule has 0 aliphatic carbocycles. The molecular formula is C22H25N3O3. The highest BCUT2D eigenvalue weighted by molar-refractivity contribution is 6.00. The molecule has 0 spiro atoms. The fourth-order valence-corrected chi connectivity index (χ4v) is 3.79. The van der Waals surface area contributed by atoms with Crippen LogP contribution in [0.5, 0.6) is 0 Å². The molecule has 1 heterocycles. The molecule has 6 nitrogen and oxygen atoms in total. The van der Waals surface area contributed by atoms with Gasteiger partial charge in [-0.15, -0.1) is 0 Å². The third-order valence-corrected chi connectivity index (χ3v) is 5.36. The van der Waals surface area contributed by atoms with Crippen molar-refractivity contribution in [3.63, 3.8) is 0 Å².